The summed E-state index contributed by atoms with van der Waals surface area (Å²) in [6.07, 6.45) is 0. The van der Waals surface area contributed by atoms with Crippen LogP contribution in [0.1, 0.15) is 20.4 Å². The lowest BCUT2D eigenvalue weighted by molar-refractivity contribution is 0.0950. The van der Waals surface area contributed by atoms with Crippen LogP contribution < -0.4 is 10.1 Å². The van der Waals surface area contributed by atoms with Gasteiger partial charge in [0.1, 0.15) is 12.4 Å². The number of para-hydroxylation sites is 1. The fraction of sp³-hybridized carbons (Fsp3) is 0.118. The minimum atomic E-state index is -0.468. The molecule has 0 aliphatic carbocycles. The molecule has 0 saturated heterocycles. The Labute approximate surface area is 146 Å². The molecule has 2 aromatic carbocycles. The normalized spacial score (nSPS) is 10.5. The monoisotopic (exact) mass is 361 g/mol. The van der Waals surface area contributed by atoms with Crippen molar-refractivity contribution in [3.8, 4) is 5.75 Å². The van der Waals surface area contributed by atoms with E-state index in [4.69, 9.17) is 4.74 Å². The van der Waals surface area contributed by atoms with Crippen molar-refractivity contribution in [1.82, 2.24) is 15.5 Å². The smallest absolute Gasteiger partial charge is 0.282 e. The summed E-state index contributed by atoms with van der Waals surface area (Å²) in [5, 5.41) is 11.0. The number of rotatable bonds is 6. The molecule has 0 atom stereocenters. The van der Waals surface area contributed by atoms with Crippen molar-refractivity contribution < 1.29 is 18.3 Å². The fourth-order valence-corrected chi connectivity index (χ4v) is 2.63. The highest BCUT2D eigenvalue weighted by Gasteiger charge is 2.13. The first kappa shape index (κ1) is 17.0. The van der Waals surface area contributed by atoms with Gasteiger partial charge in [-0.2, -0.15) is 0 Å². The molecule has 0 saturated carbocycles. The maximum Gasteiger partial charge on any atom is 0.282 e. The zero-order valence-electron chi connectivity index (χ0n) is 12.9. The summed E-state index contributed by atoms with van der Waals surface area (Å²) in [6.45, 7) is 0.267. The Morgan fingerprint density at radius 2 is 1.84 bits per heavy atom. The number of carbonyl (C=O) groups is 1. The number of hydrogen-bond donors (Lipinski definition) is 1. The molecule has 0 fully saturated rings. The van der Waals surface area contributed by atoms with Gasteiger partial charge in [-0.25, -0.2) is 8.78 Å². The van der Waals surface area contributed by atoms with Crippen molar-refractivity contribution >= 4 is 17.2 Å². The SMILES string of the molecule is O=C(NCc1ccc(F)cc1)c1nnc(COc2ccccc2F)s1. The van der Waals surface area contributed by atoms with E-state index in [0.29, 0.717) is 5.01 Å². The van der Waals surface area contributed by atoms with E-state index in [9.17, 15) is 13.6 Å². The molecule has 128 valence electrons. The van der Waals surface area contributed by atoms with Crippen LogP contribution in [0.2, 0.25) is 0 Å². The number of halogens is 2. The minimum Gasteiger partial charge on any atom is -0.483 e. The Morgan fingerprint density at radius 1 is 1.08 bits per heavy atom. The first-order chi connectivity index (χ1) is 12.1. The van der Waals surface area contributed by atoms with Crippen LogP contribution in [0.3, 0.4) is 0 Å². The van der Waals surface area contributed by atoms with Gasteiger partial charge in [-0.3, -0.25) is 4.79 Å². The third kappa shape index (κ3) is 4.57. The van der Waals surface area contributed by atoms with Crippen molar-refractivity contribution in [3.05, 3.63) is 75.7 Å². The van der Waals surface area contributed by atoms with E-state index in [1.165, 1.54) is 24.3 Å². The molecule has 0 bridgehead atoms. The predicted molar refractivity (Wildman–Crippen MR) is 88.2 cm³/mol. The molecular weight excluding hydrogens is 348 g/mol. The first-order valence-corrected chi connectivity index (χ1v) is 8.16. The van der Waals surface area contributed by atoms with Gasteiger partial charge in [0, 0.05) is 6.54 Å². The van der Waals surface area contributed by atoms with Crippen LogP contribution in [0, 0.1) is 11.6 Å². The molecule has 0 radical (unpaired) electrons. The molecule has 1 amide bonds. The average molecular weight is 361 g/mol. The molecule has 0 aliphatic heterocycles. The number of nitrogens with zero attached hydrogens (tertiary/aromatic N) is 2. The summed E-state index contributed by atoms with van der Waals surface area (Å²) in [7, 11) is 0. The van der Waals surface area contributed by atoms with Crippen LogP contribution in [0.15, 0.2) is 48.5 Å². The zero-order chi connectivity index (χ0) is 17.6. The predicted octanol–water partition coefficient (Wildman–Crippen LogP) is 3.33. The van der Waals surface area contributed by atoms with Gasteiger partial charge in [-0.1, -0.05) is 35.6 Å². The lowest BCUT2D eigenvalue weighted by Gasteiger charge is -2.04. The molecule has 8 heteroatoms. The molecule has 3 rings (SSSR count). The number of amides is 1. The molecule has 0 unspecified atom stereocenters. The lowest BCUT2D eigenvalue weighted by atomic mass is 10.2. The second kappa shape index (κ2) is 7.80. The van der Waals surface area contributed by atoms with Crippen molar-refractivity contribution in [2.24, 2.45) is 0 Å². The summed E-state index contributed by atoms with van der Waals surface area (Å²) in [4.78, 5) is 12.0. The van der Waals surface area contributed by atoms with Crippen molar-refractivity contribution in [1.29, 1.82) is 0 Å². The third-order valence-corrected chi connectivity index (χ3v) is 4.11. The Bertz CT molecular complexity index is 868. The van der Waals surface area contributed by atoms with Crippen LogP contribution >= 0.6 is 11.3 Å². The highest BCUT2D eigenvalue weighted by Crippen LogP contribution is 2.18. The minimum absolute atomic E-state index is 0.0177. The van der Waals surface area contributed by atoms with Gasteiger partial charge in [0.05, 0.1) is 0 Å². The van der Waals surface area contributed by atoms with Crippen LogP contribution in [-0.4, -0.2) is 16.1 Å². The molecular formula is C17H13F2N3O2S. The van der Waals surface area contributed by atoms with Crippen molar-refractivity contribution in [2.45, 2.75) is 13.2 Å². The maximum atomic E-state index is 13.5. The van der Waals surface area contributed by atoms with E-state index in [1.54, 1.807) is 24.3 Å². The van der Waals surface area contributed by atoms with E-state index >= 15 is 0 Å². The second-order valence-electron chi connectivity index (χ2n) is 5.03. The van der Waals surface area contributed by atoms with Gasteiger partial charge >= 0.3 is 0 Å². The molecule has 5 nitrogen and oxygen atoms in total. The Kier molecular flexibility index (Phi) is 5.30. The second-order valence-corrected chi connectivity index (χ2v) is 6.09. The van der Waals surface area contributed by atoms with E-state index in [0.717, 1.165) is 16.9 Å². The Morgan fingerprint density at radius 3 is 2.60 bits per heavy atom. The number of benzene rings is 2. The molecule has 3 aromatic rings. The molecule has 0 spiro atoms. The van der Waals surface area contributed by atoms with Gasteiger partial charge < -0.3 is 10.1 Å². The van der Waals surface area contributed by atoms with E-state index in [2.05, 4.69) is 15.5 Å². The standard InChI is InChI=1S/C17H13F2N3O2S/c18-12-7-5-11(6-8-12)9-20-16(23)17-22-21-15(25-17)10-24-14-4-2-1-3-13(14)19/h1-8H,9-10H2,(H,20,23). The summed E-state index contributed by atoms with van der Waals surface area (Å²) in [6, 6.07) is 11.8. The fourth-order valence-electron chi connectivity index (χ4n) is 1.97. The molecule has 1 aromatic heterocycles. The number of ether oxygens (including phenoxy) is 1. The summed E-state index contributed by atoms with van der Waals surface area (Å²) >= 11 is 1.06. The molecule has 0 aliphatic rings. The van der Waals surface area contributed by atoms with Crippen LogP contribution in [0.25, 0.3) is 0 Å². The topological polar surface area (TPSA) is 64.1 Å². The van der Waals surface area contributed by atoms with Gasteiger partial charge in [-0.15, -0.1) is 10.2 Å². The Balaban J connectivity index is 1.54. The molecule has 1 N–H and O–H groups in total. The van der Waals surface area contributed by atoms with Crippen LogP contribution in [-0.2, 0) is 13.2 Å². The lowest BCUT2D eigenvalue weighted by Crippen LogP contribution is -2.22. The summed E-state index contributed by atoms with van der Waals surface area (Å²) < 4.78 is 31.6. The number of aromatic nitrogens is 2. The van der Waals surface area contributed by atoms with Crippen molar-refractivity contribution in [2.75, 3.05) is 0 Å². The quantitative estimate of drug-likeness (QED) is 0.732. The van der Waals surface area contributed by atoms with E-state index in [-0.39, 0.29) is 35.6 Å². The highest BCUT2D eigenvalue weighted by atomic mass is 32.1. The largest absolute Gasteiger partial charge is 0.483 e. The average Bonchev–Trinajstić information content (AvgIpc) is 3.09. The zero-order valence-corrected chi connectivity index (χ0v) is 13.7. The molecule has 25 heavy (non-hydrogen) atoms. The third-order valence-electron chi connectivity index (χ3n) is 3.22. The number of carbonyl (C=O) groups excluding carboxylic acids is 1. The maximum absolute atomic E-state index is 13.5. The van der Waals surface area contributed by atoms with Crippen LogP contribution in [0.5, 0.6) is 5.75 Å². The summed E-state index contributed by atoms with van der Waals surface area (Å²) in [5.41, 5.74) is 0.766. The first-order valence-electron chi connectivity index (χ1n) is 7.34. The highest BCUT2D eigenvalue weighted by molar-refractivity contribution is 7.13. The van der Waals surface area contributed by atoms with E-state index < -0.39 is 5.82 Å². The van der Waals surface area contributed by atoms with E-state index in [1.807, 2.05) is 0 Å². The summed E-state index contributed by atoms with van der Waals surface area (Å²) in [5.74, 6) is -1.08. The van der Waals surface area contributed by atoms with Crippen LogP contribution in [0.4, 0.5) is 8.78 Å². The van der Waals surface area contributed by atoms with Gasteiger partial charge in [-0.05, 0) is 29.8 Å². The van der Waals surface area contributed by atoms with Crippen molar-refractivity contribution in [3.63, 3.8) is 0 Å². The van der Waals surface area contributed by atoms with Gasteiger partial charge in [0.25, 0.3) is 5.91 Å². The number of nitrogens with one attached hydrogen (secondary N) is 1. The van der Waals surface area contributed by atoms with Gasteiger partial charge in [0.15, 0.2) is 16.6 Å². The number of hydrogen-bond acceptors (Lipinski definition) is 5. The Hall–Kier alpha value is -2.87. The molecule has 1 heterocycles. The van der Waals surface area contributed by atoms with Gasteiger partial charge in [0.2, 0.25) is 5.01 Å².